The van der Waals surface area contributed by atoms with Crippen LogP contribution in [0, 0.1) is 0 Å². The number of para-hydroxylation sites is 1. The standard InChI is InChI=1S/C18H17ClN4O/c1-23(18-15-4-2-3-5-16(15)21-12-22-18)11-17(24)20-10-13-6-8-14(19)9-7-13/h2-9,12H,10-11H2,1H3,(H,20,24). The summed E-state index contributed by atoms with van der Waals surface area (Å²) in [4.78, 5) is 22.5. The molecule has 0 bridgehead atoms. The third-order valence-electron chi connectivity index (χ3n) is 3.67. The first-order chi connectivity index (χ1) is 11.6. The molecule has 0 aliphatic heterocycles. The number of fused-ring (bicyclic) bond motifs is 1. The van der Waals surface area contributed by atoms with Crippen molar-refractivity contribution in [1.29, 1.82) is 0 Å². The highest BCUT2D eigenvalue weighted by Gasteiger charge is 2.11. The van der Waals surface area contributed by atoms with Gasteiger partial charge < -0.3 is 10.2 Å². The van der Waals surface area contributed by atoms with Crippen LogP contribution in [0.2, 0.25) is 5.02 Å². The second-order valence-corrected chi connectivity index (χ2v) is 5.91. The maximum atomic E-state index is 12.2. The number of carbonyl (C=O) groups excluding carboxylic acids is 1. The van der Waals surface area contributed by atoms with Crippen molar-refractivity contribution in [2.24, 2.45) is 0 Å². The molecular formula is C18H17ClN4O. The number of hydrogen-bond acceptors (Lipinski definition) is 4. The molecule has 122 valence electrons. The van der Waals surface area contributed by atoms with Gasteiger partial charge in [-0.3, -0.25) is 4.79 Å². The van der Waals surface area contributed by atoms with E-state index in [0.717, 1.165) is 22.3 Å². The summed E-state index contributed by atoms with van der Waals surface area (Å²) < 4.78 is 0. The van der Waals surface area contributed by atoms with Gasteiger partial charge in [-0.05, 0) is 29.8 Å². The van der Waals surface area contributed by atoms with Crippen molar-refractivity contribution < 1.29 is 4.79 Å². The first-order valence-electron chi connectivity index (χ1n) is 7.55. The van der Waals surface area contributed by atoms with Crippen LogP contribution < -0.4 is 10.2 Å². The van der Waals surface area contributed by atoms with Crippen LogP contribution in [0.5, 0.6) is 0 Å². The molecule has 0 saturated carbocycles. The quantitative estimate of drug-likeness (QED) is 0.775. The van der Waals surface area contributed by atoms with Gasteiger partial charge in [0, 0.05) is 24.0 Å². The smallest absolute Gasteiger partial charge is 0.239 e. The van der Waals surface area contributed by atoms with Crippen molar-refractivity contribution in [1.82, 2.24) is 15.3 Å². The second kappa shape index (κ2) is 7.27. The molecule has 0 unspecified atom stereocenters. The average molecular weight is 341 g/mol. The molecule has 0 aliphatic carbocycles. The predicted molar refractivity (Wildman–Crippen MR) is 96.1 cm³/mol. The van der Waals surface area contributed by atoms with Crippen molar-refractivity contribution in [2.45, 2.75) is 6.54 Å². The van der Waals surface area contributed by atoms with Gasteiger partial charge in [-0.25, -0.2) is 9.97 Å². The Morgan fingerprint density at radius 2 is 1.88 bits per heavy atom. The summed E-state index contributed by atoms with van der Waals surface area (Å²) in [5.41, 5.74) is 1.86. The Kier molecular flexibility index (Phi) is 4.91. The largest absolute Gasteiger partial charge is 0.350 e. The van der Waals surface area contributed by atoms with Crippen molar-refractivity contribution in [3.63, 3.8) is 0 Å². The number of benzene rings is 2. The van der Waals surface area contributed by atoms with Gasteiger partial charge in [0.1, 0.15) is 12.1 Å². The number of nitrogens with zero attached hydrogens (tertiary/aromatic N) is 3. The molecule has 0 fully saturated rings. The number of aromatic nitrogens is 2. The SMILES string of the molecule is CN(CC(=O)NCc1ccc(Cl)cc1)c1ncnc2ccccc12. The van der Waals surface area contributed by atoms with E-state index < -0.39 is 0 Å². The van der Waals surface area contributed by atoms with E-state index in [1.807, 2.05) is 60.5 Å². The summed E-state index contributed by atoms with van der Waals surface area (Å²) >= 11 is 5.85. The van der Waals surface area contributed by atoms with Gasteiger partial charge in [-0.2, -0.15) is 0 Å². The van der Waals surface area contributed by atoms with Crippen LogP contribution >= 0.6 is 11.6 Å². The van der Waals surface area contributed by atoms with Gasteiger partial charge >= 0.3 is 0 Å². The lowest BCUT2D eigenvalue weighted by Gasteiger charge is -2.19. The Hall–Kier alpha value is -2.66. The third kappa shape index (κ3) is 3.81. The minimum Gasteiger partial charge on any atom is -0.350 e. The van der Waals surface area contributed by atoms with Crippen molar-refractivity contribution in [3.05, 3.63) is 65.4 Å². The van der Waals surface area contributed by atoms with Gasteiger partial charge in [0.25, 0.3) is 0 Å². The molecule has 1 aromatic heterocycles. The van der Waals surface area contributed by atoms with E-state index in [1.54, 1.807) is 0 Å². The van der Waals surface area contributed by atoms with E-state index in [9.17, 15) is 4.79 Å². The molecule has 0 spiro atoms. The Bertz CT molecular complexity index is 846. The average Bonchev–Trinajstić information content (AvgIpc) is 2.60. The van der Waals surface area contributed by atoms with Crippen LogP contribution in [0.4, 0.5) is 5.82 Å². The number of amides is 1. The Labute approximate surface area is 145 Å². The summed E-state index contributed by atoms with van der Waals surface area (Å²) in [7, 11) is 1.84. The number of anilines is 1. The molecule has 3 rings (SSSR count). The van der Waals surface area contributed by atoms with Crippen LogP contribution in [0.1, 0.15) is 5.56 Å². The lowest BCUT2D eigenvalue weighted by molar-refractivity contribution is -0.119. The number of halogens is 1. The third-order valence-corrected chi connectivity index (χ3v) is 3.92. The second-order valence-electron chi connectivity index (χ2n) is 5.47. The highest BCUT2D eigenvalue weighted by molar-refractivity contribution is 6.30. The van der Waals surface area contributed by atoms with E-state index in [2.05, 4.69) is 15.3 Å². The number of rotatable bonds is 5. The molecule has 0 atom stereocenters. The Morgan fingerprint density at radius 1 is 1.12 bits per heavy atom. The maximum absolute atomic E-state index is 12.2. The number of likely N-dealkylation sites (N-methyl/N-ethyl adjacent to an activating group) is 1. The molecule has 6 heteroatoms. The molecule has 5 nitrogen and oxygen atoms in total. The summed E-state index contributed by atoms with van der Waals surface area (Å²) in [5, 5.41) is 4.51. The number of hydrogen-bond donors (Lipinski definition) is 1. The van der Waals surface area contributed by atoms with E-state index in [-0.39, 0.29) is 12.5 Å². The summed E-state index contributed by atoms with van der Waals surface area (Å²) in [5.74, 6) is 0.664. The zero-order valence-electron chi connectivity index (χ0n) is 13.2. The van der Waals surface area contributed by atoms with Crippen LogP contribution in [-0.4, -0.2) is 29.5 Å². The fraction of sp³-hybridized carbons (Fsp3) is 0.167. The van der Waals surface area contributed by atoms with E-state index >= 15 is 0 Å². The zero-order chi connectivity index (χ0) is 16.9. The first-order valence-corrected chi connectivity index (χ1v) is 7.93. The van der Waals surface area contributed by atoms with Gasteiger partial charge in [-0.1, -0.05) is 35.9 Å². The molecule has 2 aromatic carbocycles. The summed E-state index contributed by atoms with van der Waals surface area (Å²) in [6.45, 7) is 0.683. The van der Waals surface area contributed by atoms with Crippen LogP contribution in [0.15, 0.2) is 54.9 Å². The van der Waals surface area contributed by atoms with E-state index in [0.29, 0.717) is 11.6 Å². The van der Waals surface area contributed by atoms with E-state index in [4.69, 9.17) is 11.6 Å². The van der Waals surface area contributed by atoms with Crippen LogP contribution in [-0.2, 0) is 11.3 Å². The lowest BCUT2D eigenvalue weighted by atomic mass is 10.2. The molecule has 1 heterocycles. The van der Waals surface area contributed by atoms with Crippen molar-refractivity contribution >= 4 is 34.2 Å². The summed E-state index contributed by atoms with van der Waals surface area (Å²) in [6, 6.07) is 15.1. The number of nitrogens with one attached hydrogen (secondary N) is 1. The fourth-order valence-electron chi connectivity index (χ4n) is 2.44. The Balaban J connectivity index is 1.64. The van der Waals surface area contributed by atoms with Crippen LogP contribution in [0.25, 0.3) is 10.9 Å². The molecular weight excluding hydrogens is 324 g/mol. The van der Waals surface area contributed by atoms with Gasteiger partial charge in [0.15, 0.2) is 0 Å². The van der Waals surface area contributed by atoms with Crippen molar-refractivity contribution in [3.8, 4) is 0 Å². The topological polar surface area (TPSA) is 58.1 Å². The summed E-state index contributed by atoms with van der Waals surface area (Å²) in [6.07, 6.45) is 1.51. The zero-order valence-corrected chi connectivity index (χ0v) is 14.0. The molecule has 0 saturated heterocycles. The molecule has 0 aliphatic rings. The molecule has 0 radical (unpaired) electrons. The van der Waals surface area contributed by atoms with E-state index in [1.165, 1.54) is 6.33 Å². The predicted octanol–water partition coefficient (Wildman–Crippen LogP) is 3.04. The lowest BCUT2D eigenvalue weighted by Crippen LogP contribution is -2.35. The molecule has 1 amide bonds. The number of carbonyl (C=O) groups is 1. The minimum atomic E-state index is -0.0739. The minimum absolute atomic E-state index is 0.0739. The van der Waals surface area contributed by atoms with Gasteiger partial charge in [-0.15, -0.1) is 0 Å². The Morgan fingerprint density at radius 3 is 2.67 bits per heavy atom. The normalized spacial score (nSPS) is 10.6. The van der Waals surface area contributed by atoms with Gasteiger partial charge in [0.2, 0.25) is 5.91 Å². The maximum Gasteiger partial charge on any atom is 0.239 e. The van der Waals surface area contributed by atoms with Crippen LogP contribution in [0.3, 0.4) is 0 Å². The van der Waals surface area contributed by atoms with Crippen molar-refractivity contribution in [2.75, 3.05) is 18.5 Å². The monoisotopic (exact) mass is 340 g/mol. The first kappa shape index (κ1) is 16.2. The van der Waals surface area contributed by atoms with Gasteiger partial charge in [0.05, 0.1) is 12.1 Å². The highest BCUT2D eigenvalue weighted by atomic mass is 35.5. The fourth-order valence-corrected chi connectivity index (χ4v) is 2.57. The molecule has 1 N–H and O–H groups in total. The highest BCUT2D eigenvalue weighted by Crippen LogP contribution is 2.21. The molecule has 3 aromatic rings. The molecule has 24 heavy (non-hydrogen) atoms.